The Morgan fingerprint density at radius 1 is 1.33 bits per heavy atom. The van der Waals surface area contributed by atoms with Crippen LogP contribution in [0.2, 0.25) is 0 Å². The fraction of sp³-hybridized carbons (Fsp3) is 0.500. The molecule has 2 atom stereocenters. The van der Waals surface area contributed by atoms with E-state index in [2.05, 4.69) is 15.9 Å². The average Bonchev–Trinajstić information content (AvgIpc) is 2.90. The number of aromatic nitrogens is 1. The third-order valence-corrected chi connectivity index (χ3v) is 4.92. The molecule has 0 radical (unpaired) electrons. The van der Waals surface area contributed by atoms with Crippen molar-refractivity contribution in [1.82, 2.24) is 9.47 Å². The van der Waals surface area contributed by atoms with Crippen LogP contribution in [0.1, 0.15) is 33.2 Å². The molecule has 1 saturated heterocycles. The van der Waals surface area contributed by atoms with E-state index in [-0.39, 0.29) is 12.6 Å². The van der Waals surface area contributed by atoms with E-state index in [0.717, 1.165) is 15.4 Å². The summed E-state index contributed by atoms with van der Waals surface area (Å²) < 4.78 is 23.1. The minimum Gasteiger partial charge on any atom is -0.444 e. The van der Waals surface area contributed by atoms with Gasteiger partial charge in [-0.15, -0.1) is 0 Å². The molecule has 0 aliphatic carbocycles. The lowest BCUT2D eigenvalue weighted by molar-refractivity contribution is 0.00708. The normalized spacial score (nSPS) is 22.0. The number of ether oxygens (including phenoxy) is 1. The molecule has 2 aromatic rings. The molecule has 4 nitrogen and oxygen atoms in total. The largest absolute Gasteiger partial charge is 0.444 e. The number of amides is 1. The standard InChI is InChI=1S/C18H22BrFN2O2/c1-18(2,3)24-17(23)21-9-8-16(14(20)11-21)22-10-7-12-13(19)5-4-6-15(12)22/h4-7,10,14,16H,8-9,11H2,1-3H3/t14-,16+/m0/s1. The van der Waals surface area contributed by atoms with Crippen LogP contribution in [0.5, 0.6) is 0 Å². The van der Waals surface area contributed by atoms with Gasteiger partial charge in [-0.05, 0) is 45.4 Å². The summed E-state index contributed by atoms with van der Waals surface area (Å²) in [6.45, 7) is 6.00. The molecular weight excluding hydrogens is 375 g/mol. The molecule has 130 valence electrons. The highest BCUT2D eigenvalue weighted by Gasteiger charge is 2.34. The Morgan fingerprint density at radius 2 is 2.08 bits per heavy atom. The number of carbonyl (C=O) groups excluding carboxylic acids is 1. The average molecular weight is 397 g/mol. The molecule has 1 fully saturated rings. The molecule has 1 aromatic heterocycles. The summed E-state index contributed by atoms with van der Waals surface area (Å²) in [5, 5.41) is 1.07. The summed E-state index contributed by atoms with van der Waals surface area (Å²) in [7, 11) is 0. The van der Waals surface area contributed by atoms with Crippen molar-refractivity contribution >= 4 is 32.9 Å². The van der Waals surface area contributed by atoms with Crippen molar-refractivity contribution in [2.75, 3.05) is 13.1 Å². The Kier molecular flexibility index (Phi) is 4.60. The maximum Gasteiger partial charge on any atom is 0.410 e. The van der Waals surface area contributed by atoms with Gasteiger partial charge >= 0.3 is 6.09 Å². The molecule has 1 aliphatic heterocycles. The number of carbonyl (C=O) groups is 1. The molecule has 3 rings (SSSR count). The van der Waals surface area contributed by atoms with Crippen LogP contribution in [0.25, 0.3) is 10.9 Å². The predicted molar refractivity (Wildman–Crippen MR) is 96.0 cm³/mol. The summed E-state index contributed by atoms with van der Waals surface area (Å²) in [6.07, 6.45) is 0.927. The molecule has 6 heteroatoms. The predicted octanol–water partition coefficient (Wildman–Crippen LogP) is 4.92. The van der Waals surface area contributed by atoms with Crippen molar-refractivity contribution in [3.63, 3.8) is 0 Å². The quantitative estimate of drug-likeness (QED) is 0.684. The number of hydrogen-bond acceptors (Lipinski definition) is 2. The number of benzene rings is 1. The van der Waals surface area contributed by atoms with Crippen molar-refractivity contribution in [1.29, 1.82) is 0 Å². The second-order valence-electron chi connectivity index (χ2n) is 7.19. The van der Waals surface area contributed by atoms with Crippen LogP contribution in [-0.2, 0) is 4.74 Å². The van der Waals surface area contributed by atoms with Crippen molar-refractivity contribution in [3.8, 4) is 0 Å². The first-order valence-corrected chi connectivity index (χ1v) is 8.92. The molecule has 0 bridgehead atoms. The zero-order chi connectivity index (χ0) is 17.5. The van der Waals surface area contributed by atoms with Gasteiger partial charge in [-0.2, -0.15) is 0 Å². The van der Waals surface area contributed by atoms with E-state index in [1.165, 1.54) is 4.90 Å². The minimum absolute atomic E-state index is 0.0628. The van der Waals surface area contributed by atoms with E-state index >= 15 is 0 Å². The zero-order valence-electron chi connectivity index (χ0n) is 14.1. The Bertz CT molecular complexity index is 753. The molecule has 2 heterocycles. The third kappa shape index (κ3) is 3.43. The lowest BCUT2D eigenvalue weighted by Crippen LogP contribution is -2.47. The lowest BCUT2D eigenvalue weighted by Gasteiger charge is -2.36. The first kappa shape index (κ1) is 17.3. The molecule has 0 N–H and O–H groups in total. The number of rotatable bonds is 1. The fourth-order valence-electron chi connectivity index (χ4n) is 3.14. The van der Waals surface area contributed by atoms with E-state index < -0.39 is 17.9 Å². The van der Waals surface area contributed by atoms with E-state index in [9.17, 15) is 9.18 Å². The molecule has 0 spiro atoms. The van der Waals surface area contributed by atoms with Crippen molar-refractivity contribution in [3.05, 3.63) is 34.9 Å². The summed E-state index contributed by atoms with van der Waals surface area (Å²) in [5.41, 5.74) is 0.436. The van der Waals surface area contributed by atoms with Gasteiger partial charge in [-0.25, -0.2) is 9.18 Å². The summed E-state index contributed by atoms with van der Waals surface area (Å²) in [5.74, 6) is 0. The van der Waals surface area contributed by atoms with E-state index in [1.54, 1.807) is 0 Å². The van der Waals surface area contributed by atoms with E-state index in [1.807, 2.05) is 55.8 Å². The lowest BCUT2D eigenvalue weighted by atomic mass is 10.0. The van der Waals surface area contributed by atoms with Gasteiger partial charge in [0.2, 0.25) is 0 Å². The van der Waals surface area contributed by atoms with Gasteiger partial charge in [-0.1, -0.05) is 22.0 Å². The molecule has 1 amide bonds. The number of fused-ring (bicyclic) bond motifs is 1. The monoisotopic (exact) mass is 396 g/mol. The first-order chi connectivity index (χ1) is 11.3. The second-order valence-corrected chi connectivity index (χ2v) is 8.05. The van der Waals surface area contributed by atoms with Crippen LogP contribution in [0.15, 0.2) is 34.9 Å². The van der Waals surface area contributed by atoms with Crippen molar-refractivity contribution in [2.24, 2.45) is 0 Å². The number of hydrogen-bond donors (Lipinski definition) is 0. The SMILES string of the molecule is CC(C)(C)OC(=O)N1CC[C@@H](n2ccc3c(Br)cccc32)[C@@H](F)C1. The van der Waals surface area contributed by atoms with Crippen LogP contribution in [0.3, 0.4) is 0 Å². The van der Waals surface area contributed by atoms with Gasteiger partial charge in [0.25, 0.3) is 0 Å². The van der Waals surface area contributed by atoms with Gasteiger partial charge in [-0.3, -0.25) is 0 Å². The molecule has 24 heavy (non-hydrogen) atoms. The summed E-state index contributed by atoms with van der Waals surface area (Å²) >= 11 is 3.53. The highest BCUT2D eigenvalue weighted by Crippen LogP contribution is 2.32. The fourth-order valence-corrected chi connectivity index (χ4v) is 3.63. The Balaban J connectivity index is 1.76. The maximum absolute atomic E-state index is 14.8. The zero-order valence-corrected chi connectivity index (χ0v) is 15.7. The van der Waals surface area contributed by atoms with Gasteiger partial charge in [0.15, 0.2) is 0 Å². The van der Waals surface area contributed by atoms with Crippen LogP contribution in [0, 0.1) is 0 Å². The van der Waals surface area contributed by atoms with Gasteiger partial charge in [0.05, 0.1) is 12.6 Å². The van der Waals surface area contributed by atoms with Gasteiger partial charge in [0, 0.05) is 28.1 Å². The summed E-state index contributed by atoms with van der Waals surface area (Å²) in [6, 6.07) is 7.64. The van der Waals surface area contributed by atoms with Crippen LogP contribution >= 0.6 is 15.9 Å². The van der Waals surface area contributed by atoms with Crippen LogP contribution in [-0.4, -0.2) is 40.4 Å². The summed E-state index contributed by atoms with van der Waals surface area (Å²) in [4.78, 5) is 13.6. The smallest absolute Gasteiger partial charge is 0.410 e. The molecule has 0 unspecified atom stereocenters. The van der Waals surface area contributed by atoms with Crippen LogP contribution < -0.4 is 0 Å². The number of nitrogens with zero attached hydrogens (tertiary/aromatic N) is 2. The molecular formula is C18H22BrFN2O2. The number of piperidine rings is 1. The highest BCUT2D eigenvalue weighted by atomic mass is 79.9. The number of likely N-dealkylation sites (tertiary alicyclic amines) is 1. The van der Waals surface area contributed by atoms with Gasteiger partial charge in [0.1, 0.15) is 11.8 Å². The molecule has 1 aromatic carbocycles. The minimum atomic E-state index is -1.12. The maximum atomic E-state index is 14.8. The second kappa shape index (κ2) is 6.39. The van der Waals surface area contributed by atoms with Gasteiger partial charge < -0.3 is 14.2 Å². The van der Waals surface area contributed by atoms with E-state index in [0.29, 0.717) is 13.0 Å². The first-order valence-electron chi connectivity index (χ1n) is 8.13. The molecule has 0 saturated carbocycles. The Hall–Kier alpha value is -1.56. The number of halogens is 2. The van der Waals surface area contributed by atoms with Crippen LogP contribution in [0.4, 0.5) is 9.18 Å². The Labute approximate surface area is 149 Å². The van der Waals surface area contributed by atoms with Crippen molar-refractivity contribution in [2.45, 2.75) is 45.0 Å². The van der Waals surface area contributed by atoms with Crippen molar-refractivity contribution < 1.29 is 13.9 Å². The highest BCUT2D eigenvalue weighted by molar-refractivity contribution is 9.10. The van der Waals surface area contributed by atoms with E-state index in [4.69, 9.17) is 4.74 Å². The Morgan fingerprint density at radius 3 is 2.75 bits per heavy atom. The third-order valence-electron chi connectivity index (χ3n) is 4.23. The topological polar surface area (TPSA) is 34.5 Å². The number of alkyl halides is 1. The molecule has 1 aliphatic rings.